The third-order valence-electron chi connectivity index (χ3n) is 5.30. The number of hydrogen-bond acceptors (Lipinski definition) is 4. The molecule has 1 aliphatic rings. The fraction of sp³-hybridized carbons (Fsp3) is 0.227. The fourth-order valence-electron chi connectivity index (χ4n) is 3.98. The summed E-state index contributed by atoms with van der Waals surface area (Å²) in [5.41, 5.74) is 2.34. The molecule has 1 aromatic heterocycles. The number of aromatic hydroxyl groups is 1. The van der Waals surface area contributed by atoms with E-state index in [1.807, 2.05) is 49.4 Å². The van der Waals surface area contributed by atoms with Gasteiger partial charge in [-0.25, -0.2) is 0 Å². The van der Waals surface area contributed by atoms with E-state index in [0.29, 0.717) is 11.6 Å². The average Bonchev–Trinajstić information content (AvgIpc) is 2.68. The maximum atomic E-state index is 12.7. The molecule has 0 radical (unpaired) electrons. The number of carbonyl (C=O) groups excluding carboxylic acids is 1. The summed E-state index contributed by atoms with van der Waals surface area (Å²) in [5, 5.41) is 15.2. The minimum atomic E-state index is -0.673. The van der Waals surface area contributed by atoms with Crippen LogP contribution in [0.2, 0.25) is 5.02 Å². The molecule has 0 bridgehead atoms. The molecule has 0 spiro atoms. The Morgan fingerprint density at radius 2 is 1.83 bits per heavy atom. The quantitative estimate of drug-likeness (QED) is 0.719. The minimum absolute atomic E-state index is 0.0871. The van der Waals surface area contributed by atoms with E-state index in [1.165, 1.54) is 9.58 Å². The Morgan fingerprint density at radius 1 is 1.14 bits per heavy atom. The van der Waals surface area contributed by atoms with Crippen molar-refractivity contribution >= 4 is 17.5 Å². The van der Waals surface area contributed by atoms with Crippen LogP contribution >= 0.6 is 11.6 Å². The highest BCUT2D eigenvalue weighted by atomic mass is 35.5. The van der Waals surface area contributed by atoms with Crippen LogP contribution in [-0.4, -0.2) is 39.3 Å². The first kappa shape index (κ1) is 19.2. The summed E-state index contributed by atoms with van der Waals surface area (Å²) >= 11 is 6.28. The molecule has 6 nitrogen and oxygen atoms in total. The number of aromatic nitrogens is 2. The Bertz CT molecular complexity index is 1110. The third-order valence-corrected chi connectivity index (χ3v) is 5.54. The predicted molar refractivity (Wildman–Crippen MR) is 111 cm³/mol. The molecule has 148 valence electrons. The van der Waals surface area contributed by atoms with Crippen LogP contribution in [0.1, 0.15) is 39.1 Å². The van der Waals surface area contributed by atoms with E-state index in [4.69, 9.17) is 11.6 Å². The van der Waals surface area contributed by atoms with E-state index in [-0.39, 0.29) is 17.7 Å². The lowest BCUT2D eigenvalue weighted by Crippen LogP contribution is -2.45. The Morgan fingerprint density at radius 3 is 2.52 bits per heavy atom. The van der Waals surface area contributed by atoms with E-state index < -0.39 is 17.1 Å². The minimum Gasteiger partial charge on any atom is -0.502 e. The first-order valence-corrected chi connectivity index (χ1v) is 9.63. The topological polar surface area (TPSA) is 75.4 Å². The lowest BCUT2D eigenvalue weighted by Gasteiger charge is -2.37. The summed E-state index contributed by atoms with van der Waals surface area (Å²) in [6.45, 7) is 2.39. The second-order valence-corrected chi connectivity index (χ2v) is 7.79. The van der Waals surface area contributed by atoms with Crippen molar-refractivity contribution in [1.82, 2.24) is 14.7 Å². The second-order valence-electron chi connectivity index (χ2n) is 7.35. The van der Waals surface area contributed by atoms with Crippen LogP contribution in [0.3, 0.4) is 0 Å². The first-order chi connectivity index (χ1) is 13.9. The molecule has 1 amide bonds. The van der Waals surface area contributed by atoms with Crippen molar-refractivity contribution in [3.63, 3.8) is 0 Å². The van der Waals surface area contributed by atoms with E-state index >= 15 is 0 Å². The summed E-state index contributed by atoms with van der Waals surface area (Å²) < 4.78 is 1.48. The van der Waals surface area contributed by atoms with Gasteiger partial charge in [0.05, 0.1) is 12.2 Å². The molecule has 29 heavy (non-hydrogen) atoms. The summed E-state index contributed by atoms with van der Waals surface area (Å²) in [7, 11) is 1.65. The second kappa shape index (κ2) is 7.37. The highest BCUT2D eigenvalue weighted by Gasteiger charge is 2.38. The van der Waals surface area contributed by atoms with Gasteiger partial charge in [0.2, 0.25) is 5.43 Å². The molecule has 0 saturated heterocycles. The van der Waals surface area contributed by atoms with Crippen LogP contribution in [0.5, 0.6) is 5.75 Å². The monoisotopic (exact) mass is 409 g/mol. The van der Waals surface area contributed by atoms with E-state index in [9.17, 15) is 14.7 Å². The van der Waals surface area contributed by atoms with E-state index in [0.717, 1.165) is 22.9 Å². The number of aryl methyl sites for hydroxylation is 1. The lowest BCUT2D eigenvalue weighted by atomic mass is 9.83. The zero-order valence-electron chi connectivity index (χ0n) is 16.0. The molecule has 4 rings (SSSR count). The van der Waals surface area contributed by atoms with Crippen LogP contribution < -0.4 is 5.43 Å². The van der Waals surface area contributed by atoms with E-state index in [1.54, 1.807) is 7.05 Å². The van der Waals surface area contributed by atoms with Gasteiger partial charge in [-0.3, -0.25) is 14.3 Å². The average molecular weight is 410 g/mol. The largest absolute Gasteiger partial charge is 0.502 e. The Kier molecular flexibility index (Phi) is 4.88. The molecule has 2 unspecified atom stereocenters. The van der Waals surface area contributed by atoms with Crippen molar-refractivity contribution < 1.29 is 9.90 Å². The van der Waals surface area contributed by atoms with Gasteiger partial charge in [-0.2, -0.15) is 5.10 Å². The fourth-order valence-corrected chi connectivity index (χ4v) is 4.18. The molecule has 0 fully saturated rings. The van der Waals surface area contributed by atoms with Crippen LogP contribution in [0.25, 0.3) is 0 Å². The van der Waals surface area contributed by atoms with Gasteiger partial charge < -0.3 is 10.0 Å². The van der Waals surface area contributed by atoms with Crippen molar-refractivity contribution in [1.29, 1.82) is 0 Å². The molecule has 2 atom stereocenters. The number of likely N-dealkylation sites (N-methyl/N-ethyl adjacent to an activating group) is 1. The summed E-state index contributed by atoms with van der Waals surface area (Å²) in [4.78, 5) is 26.1. The SMILES string of the molecule is Cc1cccc(C(c2cccc(Cl)c2)C2CN(C)C(=O)c3c(O)c(=O)cnn32)c1. The summed E-state index contributed by atoms with van der Waals surface area (Å²) in [6.07, 6.45) is 1.05. The molecule has 2 aromatic carbocycles. The number of fused-ring (bicyclic) bond motifs is 1. The zero-order chi connectivity index (χ0) is 20.7. The van der Waals surface area contributed by atoms with Crippen molar-refractivity contribution in [2.24, 2.45) is 0 Å². The normalized spacial score (nSPS) is 17.1. The predicted octanol–water partition coefficient (Wildman–Crippen LogP) is 3.37. The maximum absolute atomic E-state index is 12.7. The van der Waals surface area contributed by atoms with Gasteiger partial charge in [-0.1, -0.05) is 53.6 Å². The third kappa shape index (κ3) is 3.40. The van der Waals surface area contributed by atoms with Crippen molar-refractivity contribution in [2.45, 2.75) is 18.9 Å². The lowest BCUT2D eigenvalue weighted by molar-refractivity contribution is 0.0686. The first-order valence-electron chi connectivity index (χ1n) is 9.25. The molecule has 0 aliphatic carbocycles. The van der Waals surface area contributed by atoms with Crippen LogP contribution in [0, 0.1) is 6.92 Å². The number of rotatable bonds is 3. The van der Waals surface area contributed by atoms with Gasteiger partial charge in [0, 0.05) is 24.5 Å². The number of amides is 1. The van der Waals surface area contributed by atoms with Crippen molar-refractivity contribution in [2.75, 3.05) is 13.6 Å². The highest BCUT2D eigenvalue weighted by molar-refractivity contribution is 6.30. The van der Waals surface area contributed by atoms with Crippen LogP contribution in [0.15, 0.2) is 59.5 Å². The molecular weight excluding hydrogens is 390 g/mol. The van der Waals surface area contributed by atoms with Crippen LogP contribution in [-0.2, 0) is 0 Å². The highest BCUT2D eigenvalue weighted by Crippen LogP contribution is 2.39. The van der Waals surface area contributed by atoms with Crippen LogP contribution in [0.4, 0.5) is 0 Å². The molecule has 1 N–H and O–H groups in total. The van der Waals surface area contributed by atoms with Gasteiger partial charge >= 0.3 is 0 Å². The Balaban J connectivity index is 1.97. The molecule has 2 heterocycles. The van der Waals surface area contributed by atoms with Gasteiger partial charge in [-0.05, 0) is 30.2 Å². The molecular formula is C22H20ClN3O3. The van der Waals surface area contributed by atoms with Gasteiger partial charge in [0.25, 0.3) is 5.91 Å². The van der Waals surface area contributed by atoms with Crippen molar-refractivity contribution in [3.05, 3.63) is 92.4 Å². The number of carbonyl (C=O) groups is 1. The van der Waals surface area contributed by atoms with Gasteiger partial charge in [0.1, 0.15) is 0 Å². The maximum Gasteiger partial charge on any atom is 0.275 e. The number of benzene rings is 2. The smallest absolute Gasteiger partial charge is 0.275 e. The summed E-state index contributed by atoms with van der Waals surface area (Å²) in [5.74, 6) is -1.20. The molecule has 7 heteroatoms. The zero-order valence-corrected chi connectivity index (χ0v) is 16.8. The molecule has 1 aliphatic heterocycles. The van der Waals surface area contributed by atoms with Crippen molar-refractivity contribution in [3.8, 4) is 5.75 Å². The van der Waals surface area contributed by atoms with Gasteiger partial charge in [-0.15, -0.1) is 0 Å². The Labute approximate surface area is 173 Å². The molecule has 0 saturated carbocycles. The van der Waals surface area contributed by atoms with E-state index in [2.05, 4.69) is 11.2 Å². The number of halogens is 1. The van der Waals surface area contributed by atoms with Gasteiger partial charge in [0.15, 0.2) is 11.4 Å². The Hall–Kier alpha value is -3.12. The molecule has 3 aromatic rings. The number of hydrogen-bond donors (Lipinski definition) is 1. The summed E-state index contributed by atoms with van der Waals surface area (Å²) in [6, 6.07) is 15.4. The standard InChI is InChI=1S/C22H20ClN3O3/c1-13-5-3-6-14(9-13)19(15-7-4-8-16(23)10-15)17-12-25(2)22(29)20-21(28)18(27)11-24-26(17)20/h3-11,17,19,28H,12H2,1-2H3. The number of nitrogens with zero attached hydrogens (tertiary/aromatic N) is 3.